The largest absolute Gasteiger partial charge is 0.347 e. The SMILES string of the molecule is Fc1ccc(-c2noc(CCCNCc3cnc[nH]3)n2)cc1. The second-order valence-corrected chi connectivity index (χ2v) is 4.88. The molecule has 3 aromatic rings. The van der Waals surface area contributed by atoms with Gasteiger partial charge in [-0.1, -0.05) is 5.16 Å². The number of nitrogens with one attached hydrogen (secondary N) is 2. The molecule has 0 amide bonds. The minimum absolute atomic E-state index is 0.282. The van der Waals surface area contributed by atoms with Crippen molar-refractivity contribution in [3.8, 4) is 11.4 Å². The molecule has 0 atom stereocenters. The Bertz CT molecular complexity index is 693. The molecule has 0 fully saturated rings. The van der Waals surface area contributed by atoms with E-state index in [1.807, 2.05) is 0 Å². The van der Waals surface area contributed by atoms with E-state index in [9.17, 15) is 4.39 Å². The van der Waals surface area contributed by atoms with Crippen LogP contribution in [-0.4, -0.2) is 26.7 Å². The highest BCUT2D eigenvalue weighted by molar-refractivity contribution is 5.53. The fourth-order valence-corrected chi connectivity index (χ4v) is 2.04. The number of imidazole rings is 1. The van der Waals surface area contributed by atoms with Crippen molar-refractivity contribution in [1.82, 2.24) is 25.4 Å². The van der Waals surface area contributed by atoms with Gasteiger partial charge < -0.3 is 14.8 Å². The van der Waals surface area contributed by atoms with Gasteiger partial charge >= 0.3 is 0 Å². The molecule has 0 saturated carbocycles. The van der Waals surface area contributed by atoms with E-state index in [2.05, 4.69) is 25.4 Å². The van der Waals surface area contributed by atoms with Crippen LogP contribution in [0.3, 0.4) is 0 Å². The lowest BCUT2D eigenvalue weighted by Crippen LogP contribution is -2.15. The zero-order valence-electron chi connectivity index (χ0n) is 11.9. The molecular weight excluding hydrogens is 285 g/mol. The number of halogens is 1. The Kier molecular flexibility index (Phi) is 4.55. The van der Waals surface area contributed by atoms with Crippen LogP contribution in [0, 0.1) is 5.82 Å². The van der Waals surface area contributed by atoms with Gasteiger partial charge in [0.25, 0.3) is 0 Å². The molecule has 2 N–H and O–H groups in total. The average molecular weight is 301 g/mol. The Morgan fingerprint density at radius 1 is 1.23 bits per heavy atom. The Morgan fingerprint density at radius 3 is 2.86 bits per heavy atom. The van der Waals surface area contributed by atoms with Crippen molar-refractivity contribution in [3.05, 3.63) is 54.2 Å². The minimum atomic E-state index is -0.282. The highest BCUT2D eigenvalue weighted by Crippen LogP contribution is 2.16. The van der Waals surface area contributed by atoms with E-state index in [0.717, 1.165) is 30.8 Å². The molecule has 2 heterocycles. The summed E-state index contributed by atoms with van der Waals surface area (Å²) in [5.41, 5.74) is 1.80. The first kappa shape index (κ1) is 14.4. The van der Waals surface area contributed by atoms with Crippen LogP contribution in [-0.2, 0) is 13.0 Å². The minimum Gasteiger partial charge on any atom is -0.347 e. The first-order chi connectivity index (χ1) is 10.8. The monoisotopic (exact) mass is 301 g/mol. The molecule has 0 aliphatic carbocycles. The molecule has 0 saturated heterocycles. The summed E-state index contributed by atoms with van der Waals surface area (Å²) in [7, 11) is 0. The number of aryl methyl sites for hydroxylation is 1. The number of nitrogens with zero attached hydrogens (tertiary/aromatic N) is 3. The Balaban J connectivity index is 1.44. The zero-order valence-corrected chi connectivity index (χ0v) is 11.9. The van der Waals surface area contributed by atoms with Gasteiger partial charge in [0.2, 0.25) is 11.7 Å². The molecule has 0 aliphatic heterocycles. The quantitative estimate of drug-likeness (QED) is 0.655. The van der Waals surface area contributed by atoms with Gasteiger partial charge in [0, 0.05) is 30.4 Å². The number of hydrogen-bond donors (Lipinski definition) is 2. The summed E-state index contributed by atoms with van der Waals surface area (Å²) in [5, 5.41) is 7.21. The van der Waals surface area contributed by atoms with Crippen LogP contribution in [0.5, 0.6) is 0 Å². The number of aromatic nitrogens is 4. The van der Waals surface area contributed by atoms with E-state index in [1.54, 1.807) is 24.7 Å². The van der Waals surface area contributed by atoms with Crippen LogP contribution in [0.15, 0.2) is 41.3 Å². The highest BCUT2D eigenvalue weighted by atomic mass is 19.1. The maximum absolute atomic E-state index is 12.9. The highest BCUT2D eigenvalue weighted by Gasteiger charge is 2.08. The topological polar surface area (TPSA) is 79.6 Å². The third-order valence-corrected chi connectivity index (χ3v) is 3.19. The molecular formula is C15H16FN5O. The lowest BCUT2D eigenvalue weighted by molar-refractivity contribution is 0.375. The van der Waals surface area contributed by atoms with Crippen LogP contribution in [0.4, 0.5) is 4.39 Å². The normalized spacial score (nSPS) is 11.0. The molecule has 0 radical (unpaired) electrons. The summed E-state index contributed by atoms with van der Waals surface area (Å²) in [6.07, 6.45) is 5.04. The van der Waals surface area contributed by atoms with E-state index >= 15 is 0 Å². The first-order valence-corrected chi connectivity index (χ1v) is 7.08. The maximum atomic E-state index is 12.9. The summed E-state index contributed by atoms with van der Waals surface area (Å²) < 4.78 is 18.1. The summed E-state index contributed by atoms with van der Waals surface area (Å²) in [6, 6.07) is 6.03. The molecule has 0 bridgehead atoms. The van der Waals surface area contributed by atoms with Crippen molar-refractivity contribution in [1.29, 1.82) is 0 Å². The number of rotatable bonds is 7. The average Bonchev–Trinajstić information content (AvgIpc) is 3.19. The van der Waals surface area contributed by atoms with Crippen molar-refractivity contribution in [3.63, 3.8) is 0 Å². The van der Waals surface area contributed by atoms with Crippen molar-refractivity contribution in [2.24, 2.45) is 0 Å². The van der Waals surface area contributed by atoms with Crippen molar-refractivity contribution in [2.45, 2.75) is 19.4 Å². The van der Waals surface area contributed by atoms with Gasteiger partial charge in [-0.25, -0.2) is 9.37 Å². The van der Waals surface area contributed by atoms with Crippen molar-refractivity contribution >= 4 is 0 Å². The Labute approximate surface area is 126 Å². The van der Waals surface area contributed by atoms with E-state index in [-0.39, 0.29) is 5.82 Å². The maximum Gasteiger partial charge on any atom is 0.227 e. The number of H-pyrrole nitrogens is 1. The fourth-order valence-electron chi connectivity index (χ4n) is 2.04. The van der Waals surface area contributed by atoms with Gasteiger partial charge in [0.05, 0.1) is 6.33 Å². The molecule has 1 aromatic carbocycles. The summed E-state index contributed by atoms with van der Waals surface area (Å²) in [5.74, 6) is 0.791. The number of hydrogen-bond acceptors (Lipinski definition) is 5. The summed E-state index contributed by atoms with van der Waals surface area (Å²) >= 11 is 0. The van der Waals surface area contributed by atoms with Gasteiger partial charge in [-0.3, -0.25) is 0 Å². The second kappa shape index (κ2) is 6.95. The van der Waals surface area contributed by atoms with Gasteiger partial charge in [0.15, 0.2) is 0 Å². The van der Waals surface area contributed by atoms with Crippen molar-refractivity contribution in [2.75, 3.05) is 6.54 Å². The van der Waals surface area contributed by atoms with Gasteiger partial charge in [-0.05, 0) is 37.2 Å². The Hall–Kier alpha value is -2.54. The predicted octanol–water partition coefficient (Wildman–Crippen LogP) is 2.32. The van der Waals surface area contributed by atoms with Gasteiger partial charge in [-0.15, -0.1) is 0 Å². The molecule has 0 aliphatic rings. The molecule has 0 spiro atoms. The molecule has 6 nitrogen and oxygen atoms in total. The fraction of sp³-hybridized carbons (Fsp3) is 0.267. The van der Waals surface area contributed by atoms with Crippen LogP contribution in [0.1, 0.15) is 18.0 Å². The van der Waals surface area contributed by atoms with Crippen LogP contribution < -0.4 is 5.32 Å². The first-order valence-electron chi connectivity index (χ1n) is 7.08. The van der Waals surface area contributed by atoms with Gasteiger partial charge in [0.1, 0.15) is 5.82 Å². The summed E-state index contributed by atoms with van der Waals surface area (Å²) in [6.45, 7) is 1.60. The predicted molar refractivity (Wildman–Crippen MR) is 78.3 cm³/mol. The third-order valence-electron chi connectivity index (χ3n) is 3.19. The lowest BCUT2D eigenvalue weighted by atomic mass is 10.2. The zero-order chi connectivity index (χ0) is 15.2. The molecule has 2 aromatic heterocycles. The molecule has 3 rings (SSSR count). The third kappa shape index (κ3) is 3.76. The van der Waals surface area contributed by atoms with Crippen LogP contribution in [0.2, 0.25) is 0 Å². The summed E-state index contributed by atoms with van der Waals surface area (Å²) in [4.78, 5) is 11.3. The molecule has 22 heavy (non-hydrogen) atoms. The lowest BCUT2D eigenvalue weighted by Gasteiger charge is -2.00. The number of aromatic amines is 1. The van der Waals surface area contributed by atoms with E-state index in [0.29, 0.717) is 18.1 Å². The molecule has 7 heteroatoms. The van der Waals surface area contributed by atoms with Gasteiger partial charge in [-0.2, -0.15) is 4.98 Å². The molecule has 0 unspecified atom stereocenters. The smallest absolute Gasteiger partial charge is 0.227 e. The van der Waals surface area contributed by atoms with E-state index < -0.39 is 0 Å². The second-order valence-electron chi connectivity index (χ2n) is 4.88. The van der Waals surface area contributed by atoms with E-state index in [1.165, 1.54) is 12.1 Å². The Morgan fingerprint density at radius 2 is 2.09 bits per heavy atom. The standard InChI is InChI=1S/C15H16FN5O/c16-12-5-3-11(4-6-12)15-20-14(22-21-15)2-1-7-17-8-13-9-18-10-19-13/h3-6,9-10,17H,1-2,7-8H2,(H,18,19). The van der Waals surface area contributed by atoms with Crippen LogP contribution in [0.25, 0.3) is 11.4 Å². The van der Waals surface area contributed by atoms with Crippen LogP contribution >= 0.6 is 0 Å². The number of benzene rings is 1. The van der Waals surface area contributed by atoms with E-state index in [4.69, 9.17) is 4.52 Å². The molecule has 114 valence electrons. The van der Waals surface area contributed by atoms with Crippen molar-refractivity contribution < 1.29 is 8.91 Å².